The fourth-order valence-electron chi connectivity index (χ4n) is 2.88. The highest BCUT2D eigenvalue weighted by Gasteiger charge is 2.30. The van der Waals surface area contributed by atoms with Crippen LogP contribution in [0, 0.1) is 5.92 Å². The molecule has 1 aromatic carbocycles. The van der Waals surface area contributed by atoms with Crippen molar-refractivity contribution in [3.05, 3.63) is 30.3 Å². The number of carbonyl (C=O) groups excluding carboxylic acids is 1. The Kier molecular flexibility index (Phi) is 3.13. The van der Waals surface area contributed by atoms with Crippen LogP contribution in [-0.4, -0.2) is 11.6 Å². The minimum atomic E-state index is 0.113. The van der Waals surface area contributed by atoms with Gasteiger partial charge in [-0.1, -0.05) is 37.5 Å². The molecule has 1 aliphatic carbocycles. The average Bonchev–Trinajstić information content (AvgIpc) is 2.83. The van der Waals surface area contributed by atoms with E-state index in [1.807, 2.05) is 30.3 Å². The third kappa shape index (κ3) is 2.17. The Morgan fingerprint density at radius 2 is 1.78 bits per heavy atom. The maximum absolute atomic E-state index is 12.0. The Balaban J connectivity index is 1.80. The first-order valence-corrected chi connectivity index (χ1v) is 6.80. The van der Waals surface area contributed by atoms with Crippen molar-refractivity contribution in [2.75, 3.05) is 5.01 Å². The second-order valence-electron chi connectivity index (χ2n) is 5.14. The van der Waals surface area contributed by atoms with Crippen LogP contribution in [0.15, 0.2) is 35.4 Å². The lowest BCUT2D eigenvalue weighted by molar-refractivity contribution is -0.116. The molecule has 0 aromatic heterocycles. The van der Waals surface area contributed by atoms with Gasteiger partial charge in [0.1, 0.15) is 0 Å². The molecule has 0 spiro atoms. The van der Waals surface area contributed by atoms with Crippen LogP contribution < -0.4 is 5.01 Å². The van der Waals surface area contributed by atoms with E-state index in [0.717, 1.165) is 11.4 Å². The zero-order chi connectivity index (χ0) is 12.4. The molecule has 0 bridgehead atoms. The van der Waals surface area contributed by atoms with Crippen LogP contribution in [0.5, 0.6) is 0 Å². The predicted molar refractivity (Wildman–Crippen MR) is 72.6 cm³/mol. The highest BCUT2D eigenvalue weighted by Crippen LogP contribution is 2.30. The Hall–Kier alpha value is -1.64. The summed E-state index contributed by atoms with van der Waals surface area (Å²) in [6.07, 6.45) is 6.82. The molecule has 0 atom stereocenters. The fourth-order valence-corrected chi connectivity index (χ4v) is 2.88. The minimum Gasteiger partial charge on any atom is -0.272 e. The third-order valence-corrected chi connectivity index (χ3v) is 3.87. The molecule has 0 saturated heterocycles. The second kappa shape index (κ2) is 4.92. The molecule has 1 saturated carbocycles. The number of hydrazone groups is 1. The van der Waals surface area contributed by atoms with Crippen molar-refractivity contribution in [3.63, 3.8) is 0 Å². The topological polar surface area (TPSA) is 32.7 Å². The zero-order valence-electron chi connectivity index (χ0n) is 10.5. The van der Waals surface area contributed by atoms with Crippen molar-refractivity contribution in [2.45, 2.75) is 38.5 Å². The Labute approximate surface area is 107 Å². The van der Waals surface area contributed by atoms with Gasteiger partial charge in [0.05, 0.1) is 17.8 Å². The largest absolute Gasteiger partial charge is 0.272 e. The van der Waals surface area contributed by atoms with Crippen molar-refractivity contribution in [1.82, 2.24) is 0 Å². The molecule has 1 fully saturated rings. The summed E-state index contributed by atoms with van der Waals surface area (Å²) in [5, 5.41) is 6.14. The molecule has 1 aliphatic heterocycles. The number of carbonyl (C=O) groups is 1. The molecule has 3 rings (SSSR count). The van der Waals surface area contributed by atoms with Gasteiger partial charge in [-0.2, -0.15) is 5.10 Å². The van der Waals surface area contributed by atoms with Gasteiger partial charge in [0.15, 0.2) is 0 Å². The molecule has 2 aliphatic rings. The minimum absolute atomic E-state index is 0.113. The maximum atomic E-state index is 12.0. The molecule has 0 unspecified atom stereocenters. The molecular formula is C15H18N2O. The van der Waals surface area contributed by atoms with Gasteiger partial charge in [0.25, 0.3) is 5.91 Å². The van der Waals surface area contributed by atoms with Gasteiger partial charge in [-0.15, -0.1) is 0 Å². The average molecular weight is 242 g/mol. The number of hydrogen-bond acceptors (Lipinski definition) is 2. The fraction of sp³-hybridized carbons (Fsp3) is 0.467. The summed E-state index contributed by atoms with van der Waals surface area (Å²) in [6, 6.07) is 9.71. The van der Waals surface area contributed by atoms with Gasteiger partial charge in [-0.05, 0) is 30.9 Å². The Bertz CT molecular complexity index is 461. The summed E-state index contributed by atoms with van der Waals surface area (Å²) < 4.78 is 0. The maximum Gasteiger partial charge on any atom is 0.253 e. The molecule has 1 amide bonds. The van der Waals surface area contributed by atoms with Crippen molar-refractivity contribution >= 4 is 17.3 Å². The Morgan fingerprint density at radius 3 is 2.50 bits per heavy atom. The summed E-state index contributed by atoms with van der Waals surface area (Å²) in [5.74, 6) is 0.651. The molecule has 94 valence electrons. The van der Waals surface area contributed by atoms with E-state index in [1.165, 1.54) is 32.1 Å². The lowest BCUT2D eigenvalue weighted by Gasteiger charge is -2.20. The first-order valence-electron chi connectivity index (χ1n) is 6.80. The van der Waals surface area contributed by atoms with Gasteiger partial charge >= 0.3 is 0 Å². The summed E-state index contributed by atoms with van der Waals surface area (Å²) >= 11 is 0. The van der Waals surface area contributed by atoms with Crippen LogP contribution in [0.2, 0.25) is 0 Å². The number of hydrogen-bond donors (Lipinski definition) is 0. The molecule has 1 heterocycles. The van der Waals surface area contributed by atoms with E-state index in [1.54, 1.807) is 5.01 Å². The number of amides is 1. The second-order valence-corrected chi connectivity index (χ2v) is 5.14. The Morgan fingerprint density at radius 1 is 1.06 bits per heavy atom. The van der Waals surface area contributed by atoms with E-state index < -0.39 is 0 Å². The van der Waals surface area contributed by atoms with Crippen molar-refractivity contribution in [3.8, 4) is 0 Å². The van der Waals surface area contributed by atoms with Gasteiger partial charge in [0, 0.05) is 0 Å². The van der Waals surface area contributed by atoms with Crippen LogP contribution in [-0.2, 0) is 4.79 Å². The van der Waals surface area contributed by atoms with E-state index in [0.29, 0.717) is 12.3 Å². The highest BCUT2D eigenvalue weighted by molar-refractivity contribution is 6.13. The van der Waals surface area contributed by atoms with Gasteiger partial charge in [0.2, 0.25) is 0 Å². The first kappa shape index (κ1) is 11.5. The summed E-state index contributed by atoms with van der Waals surface area (Å²) in [7, 11) is 0. The van der Waals surface area contributed by atoms with Gasteiger partial charge < -0.3 is 0 Å². The van der Waals surface area contributed by atoms with E-state index in [9.17, 15) is 4.79 Å². The zero-order valence-corrected chi connectivity index (χ0v) is 10.5. The SMILES string of the molecule is O=C1CC(C2CCCCC2)=NN1c1ccccc1. The number of benzene rings is 1. The lowest BCUT2D eigenvalue weighted by atomic mass is 9.85. The van der Waals surface area contributed by atoms with E-state index in [4.69, 9.17) is 0 Å². The normalized spacial score (nSPS) is 21.2. The van der Waals surface area contributed by atoms with Gasteiger partial charge in [-0.25, -0.2) is 5.01 Å². The molecule has 18 heavy (non-hydrogen) atoms. The molecule has 0 radical (unpaired) electrons. The molecule has 3 nitrogen and oxygen atoms in total. The van der Waals surface area contributed by atoms with Crippen molar-refractivity contribution in [1.29, 1.82) is 0 Å². The molecular weight excluding hydrogens is 224 g/mol. The summed E-state index contributed by atoms with van der Waals surface area (Å²) in [5.41, 5.74) is 1.98. The quantitative estimate of drug-likeness (QED) is 0.782. The van der Waals surface area contributed by atoms with Crippen LogP contribution in [0.4, 0.5) is 5.69 Å². The molecule has 3 heteroatoms. The first-order chi connectivity index (χ1) is 8.84. The van der Waals surface area contributed by atoms with Crippen LogP contribution in [0.25, 0.3) is 0 Å². The van der Waals surface area contributed by atoms with Crippen LogP contribution in [0.3, 0.4) is 0 Å². The highest BCUT2D eigenvalue weighted by atomic mass is 16.2. The van der Waals surface area contributed by atoms with E-state index in [2.05, 4.69) is 5.10 Å². The van der Waals surface area contributed by atoms with Gasteiger partial charge in [-0.3, -0.25) is 4.79 Å². The number of anilines is 1. The number of rotatable bonds is 2. The van der Waals surface area contributed by atoms with E-state index >= 15 is 0 Å². The monoisotopic (exact) mass is 242 g/mol. The lowest BCUT2D eigenvalue weighted by Crippen LogP contribution is -2.19. The summed E-state index contributed by atoms with van der Waals surface area (Å²) in [4.78, 5) is 12.0. The summed E-state index contributed by atoms with van der Waals surface area (Å²) in [6.45, 7) is 0. The smallest absolute Gasteiger partial charge is 0.253 e. The molecule has 1 aromatic rings. The number of nitrogens with zero attached hydrogens (tertiary/aromatic N) is 2. The van der Waals surface area contributed by atoms with E-state index in [-0.39, 0.29) is 5.91 Å². The van der Waals surface area contributed by atoms with Crippen molar-refractivity contribution in [2.24, 2.45) is 11.0 Å². The predicted octanol–water partition coefficient (Wildman–Crippen LogP) is 3.36. The van der Waals surface area contributed by atoms with Crippen LogP contribution in [0.1, 0.15) is 38.5 Å². The third-order valence-electron chi connectivity index (χ3n) is 3.87. The number of para-hydroxylation sites is 1. The van der Waals surface area contributed by atoms with Crippen LogP contribution >= 0.6 is 0 Å². The van der Waals surface area contributed by atoms with Crippen molar-refractivity contribution < 1.29 is 4.79 Å². The standard InChI is InChI=1S/C15H18N2O/c18-15-11-14(12-7-3-1-4-8-12)16-17(15)13-9-5-2-6-10-13/h2,5-6,9-10,12H,1,3-4,7-8,11H2. The molecule has 0 N–H and O–H groups in total.